The van der Waals surface area contributed by atoms with Gasteiger partial charge in [-0.25, -0.2) is 8.42 Å². The average molecular weight is 402 g/mol. The first-order valence-corrected chi connectivity index (χ1v) is 10.2. The van der Waals surface area contributed by atoms with Crippen molar-refractivity contribution < 1.29 is 22.0 Å². The lowest BCUT2D eigenvalue weighted by atomic mass is 10.2. The largest absolute Gasteiger partial charge is 0.459 e. The van der Waals surface area contributed by atoms with Crippen LogP contribution in [0.3, 0.4) is 0 Å². The topological polar surface area (TPSA) is 119 Å². The molecule has 1 N–H and O–H groups in total. The first-order chi connectivity index (χ1) is 13.4. The van der Waals surface area contributed by atoms with E-state index in [0.29, 0.717) is 18.6 Å². The predicted octanol–water partition coefficient (Wildman–Crippen LogP) is 2.43. The van der Waals surface area contributed by atoms with Crippen LogP contribution in [0, 0.1) is 6.92 Å². The third kappa shape index (κ3) is 3.43. The van der Waals surface area contributed by atoms with E-state index < -0.39 is 22.0 Å². The molecule has 4 rings (SSSR count). The number of nitrogens with zero attached hydrogens (tertiary/aromatic N) is 3. The standard InChI is InChI=1S/C18H18N4O5S/c1-12-6-8-13(9-7-12)28(24,25)22-10-2-4-14(22)16(23)19-18-21-20-17(27-18)15-5-3-11-26-15/h3,5-9,11,14H,2,4,10H2,1H3,(H,19,21,23). The normalized spacial score (nSPS) is 17.7. The summed E-state index contributed by atoms with van der Waals surface area (Å²) in [4.78, 5) is 12.8. The summed E-state index contributed by atoms with van der Waals surface area (Å²) in [6, 6.07) is 8.91. The Labute approximate surface area is 161 Å². The molecule has 1 aliphatic rings. The fraction of sp³-hybridized carbons (Fsp3) is 0.278. The van der Waals surface area contributed by atoms with Gasteiger partial charge in [0.05, 0.1) is 11.2 Å². The summed E-state index contributed by atoms with van der Waals surface area (Å²) in [5, 5.41) is 10.1. The average Bonchev–Trinajstić information content (AvgIpc) is 3.42. The summed E-state index contributed by atoms with van der Waals surface area (Å²) < 4.78 is 37.6. The van der Waals surface area contributed by atoms with Crippen molar-refractivity contribution in [1.29, 1.82) is 0 Å². The molecule has 9 nitrogen and oxygen atoms in total. The van der Waals surface area contributed by atoms with Crippen molar-refractivity contribution in [2.45, 2.75) is 30.7 Å². The van der Waals surface area contributed by atoms with E-state index in [1.807, 2.05) is 6.92 Å². The number of anilines is 1. The molecule has 10 heteroatoms. The predicted molar refractivity (Wildman–Crippen MR) is 98.7 cm³/mol. The first-order valence-electron chi connectivity index (χ1n) is 8.72. The van der Waals surface area contributed by atoms with Crippen molar-refractivity contribution in [3.63, 3.8) is 0 Å². The van der Waals surface area contributed by atoms with E-state index >= 15 is 0 Å². The number of benzene rings is 1. The minimum absolute atomic E-state index is 0.115. The molecule has 0 spiro atoms. The van der Waals surface area contributed by atoms with Crippen LogP contribution in [0.25, 0.3) is 11.7 Å². The molecule has 1 unspecified atom stereocenters. The maximum Gasteiger partial charge on any atom is 0.322 e. The molecule has 146 valence electrons. The summed E-state index contributed by atoms with van der Waals surface area (Å²) in [5.74, 6) is -0.0175. The Hall–Kier alpha value is -2.98. The molecule has 1 aromatic carbocycles. The van der Waals surface area contributed by atoms with Crippen LogP contribution < -0.4 is 5.32 Å². The number of rotatable bonds is 5. The lowest BCUT2D eigenvalue weighted by Gasteiger charge is -2.22. The highest BCUT2D eigenvalue weighted by atomic mass is 32.2. The molecule has 2 aromatic heterocycles. The number of aromatic nitrogens is 2. The maximum absolute atomic E-state index is 13.0. The number of hydrogen-bond donors (Lipinski definition) is 1. The lowest BCUT2D eigenvalue weighted by Crippen LogP contribution is -2.43. The van der Waals surface area contributed by atoms with Crippen LogP contribution in [-0.2, 0) is 14.8 Å². The van der Waals surface area contributed by atoms with Gasteiger partial charge in [0.25, 0.3) is 5.89 Å². The molecule has 1 aliphatic heterocycles. The number of carbonyl (C=O) groups is 1. The Balaban J connectivity index is 1.51. The third-order valence-corrected chi connectivity index (χ3v) is 6.44. The van der Waals surface area contributed by atoms with Gasteiger partial charge < -0.3 is 8.83 Å². The Morgan fingerprint density at radius 1 is 1.21 bits per heavy atom. The number of hydrogen-bond acceptors (Lipinski definition) is 7. The van der Waals surface area contributed by atoms with Gasteiger partial charge in [-0.05, 0) is 44.0 Å². The van der Waals surface area contributed by atoms with Gasteiger partial charge in [0, 0.05) is 6.54 Å². The second kappa shape index (κ2) is 7.21. The molecule has 3 heterocycles. The maximum atomic E-state index is 13.0. The monoisotopic (exact) mass is 402 g/mol. The van der Waals surface area contributed by atoms with E-state index in [9.17, 15) is 13.2 Å². The van der Waals surface area contributed by atoms with E-state index in [1.54, 1.807) is 36.4 Å². The summed E-state index contributed by atoms with van der Waals surface area (Å²) in [6.07, 6.45) is 2.46. The molecule has 1 fully saturated rings. The van der Waals surface area contributed by atoms with Gasteiger partial charge in [0.15, 0.2) is 5.76 Å². The summed E-state index contributed by atoms with van der Waals surface area (Å²) in [5.41, 5.74) is 0.957. The van der Waals surface area contributed by atoms with E-state index in [0.717, 1.165) is 5.56 Å². The molecule has 28 heavy (non-hydrogen) atoms. The molecule has 1 saturated heterocycles. The zero-order valence-corrected chi connectivity index (χ0v) is 15.8. The van der Waals surface area contributed by atoms with E-state index in [4.69, 9.17) is 8.83 Å². The molecular formula is C18H18N4O5S. The lowest BCUT2D eigenvalue weighted by molar-refractivity contribution is -0.119. The molecule has 0 radical (unpaired) electrons. The van der Waals surface area contributed by atoms with Crippen LogP contribution >= 0.6 is 0 Å². The molecule has 0 saturated carbocycles. The van der Waals surface area contributed by atoms with Gasteiger partial charge in [-0.2, -0.15) is 4.31 Å². The van der Waals surface area contributed by atoms with Crippen molar-refractivity contribution in [2.24, 2.45) is 0 Å². The van der Waals surface area contributed by atoms with Crippen LogP contribution in [0.15, 0.2) is 56.4 Å². The highest BCUT2D eigenvalue weighted by molar-refractivity contribution is 7.89. The van der Waals surface area contributed by atoms with Crippen molar-refractivity contribution in [3.05, 3.63) is 48.2 Å². The SMILES string of the molecule is Cc1ccc(S(=O)(=O)N2CCCC2C(=O)Nc2nnc(-c3ccco3)o2)cc1. The van der Waals surface area contributed by atoms with Gasteiger partial charge in [-0.3, -0.25) is 10.1 Å². The number of amides is 1. The van der Waals surface area contributed by atoms with Gasteiger partial charge in [-0.15, -0.1) is 5.10 Å². The number of nitrogens with one attached hydrogen (secondary N) is 1. The number of furan rings is 1. The van der Waals surface area contributed by atoms with Crippen LogP contribution in [0.2, 0.25) is 0 Å². The smallest absolute Gasteiger partial charge is 0.322 e. The second-order valence-corrected chi connectivity index (χ2v) is 8.36. The Kier molecular flexibility index (Phi) is 4.73. The van der Waals surface area contributed by atoms with Crippen LogP contribution in [0.4, 0.5) is 6.01 Å². The van der Waals surface area contributed by atoms with Crippen molar-refractivity contribution in [2.75, 3.05) is 11.9 Å². The summed E-state index contributed by atoms with van der Waals surface area (Å²) in [6.45, 7) is 2.15. The van der Waals surface area contributed by atoms with Crippen molar-refractivity contribution in [1.82, 2.24) is 14.5 Å². The van der Waals surface area contributed by atoms with Crippen LogP contribution in [0.1, 0.15) is 18.4 Å². The Bertz CT molecular complexity index is 1070. The molecular weight excluding hydrogens is 384 g/mol. The molecule has 3 aromatic rings. The number of carbonyl (C=O) groups excluding carboxylic acids is 1. The second-order valence-electron chi connectivity index (χ2n) is 6.47. The van der Waals surface area contributed by atoms with Gasteiger partial charge in [-0.1, -0.05) is 22.8 Å². The van der Waals surface area contributed by atoms with Crippen molar-refractivity contribution >= 4 is 21.9 Å². The molecule has 0 bridgehead atoms. The minimum atomic E-state index is -3.78. The fourth-order valence-electron chi connectivity index (χ4n) is 3.10. The molecule has 1 amide bonds. The zero-order valence-electron chi connectivity index (χ0n) is 15.0. The van der Waals surface area contributed by atoms with E-state index in [-0.39, 0.29) is 23.3 Å². The minimum Gasteiger partial charge on any atom is -0.459 e. The third-order valence-electron chi connectivity index (χ3n) is 4.52. The van der Waals surface area contributed by atoms with Gasteiger partial charge in [0.1, 0.15) is 6.04 Å². The van der Waals surface area contributed by atoms with E-state index in [2.05, 4.69) is 15.5 Å². The zero-order chi connectivity index (χ0) is 19.7. The fourth-order valence-corrected chi connectivity index (χ4v) is 4.75. The molecule has 0 aliphatic carbocycles. The quantitative estimate of drug-likeness (QED) is 0.696. The van der Waals surface area contributed by atoms with Gasteiger partial charge in [0.2, 0.25) is 15.9 Å². The van der Waals surface area contributed by atoms with Crippen LogP contribution in [-0.4, -0.2) is 41.4 Å². The Morgan fingerprint density at radius 2 is 2.00 bits per heavy atom. The highest BCUT2D eigenvalue weighted by Crippen LogP contribution is 2.27. The Morgan fingerprint density at radius 3 is 2.71 bits per heavy atom. The number of aryl methyl sites for hydroxylation is 1. The van der Waals surface area contributed by atoms with Crippen LogP contribution in [0.5, 0.6) is 0 Å². The van der Waals surface area contributed by atoms with Crippen molar-refractivity contribution in [3.8, 4) is 11.7 Å². The summed E-state index contributed by atoms with van der Waals surface area (Å²) >= 11 is 0. The van der Waals surface area contributed by atoms with E-state index in [1.165, 1.54) is 10.6 Å². The highest BCUT2D eigenvalue weighted by Gasteiger charge is 2.39. The first kappa shape index (κ1) is 18.4. The molecule has 1 atom stereocenters. The summed E-state index contributed by atoms with van der Waals surface area (Å²) in [7, 11) is -3.78. The number of sulfonamides is 1. The van der Waals surface area contributed by atoms with Gasteiger partial charge >= 0.3 is 6.01 Å².